The average molecular weight is 1090 g/mol. The van der Waals surface area contributed by atoms with E-state index in [0.717, 1.165) is 109 Å². The van der Waals surface area contributed by atoms with Gasteiger partial charge in [0.25, 0.3) is 0 Å². The molecule has 0 radical (unpaired) electrons. The molecular formula is C73H120O6. The van der Waals surface area contributed by atoms with Crippen molar-refractivity contribution in [3.63, 3.8) is 0 Å². The zero-order valence-corrected chi connectivity index (χ0v) is 51.3. The smallest absolute Gasteiger partial charge is 0.306 e. The van der Waals surface area contributed by atoms with Crippen LogP contribution < -0.4 is 0 Å². The quantitative estimate of drug-likeness (QED) is 0.0261. The predicted octanol–water partition coefficient (Wildman–Crippen LogP) is 22.5. The molecule has 6 nitrogen and oxygen atoms in total. The summed E-state index contributed by atoms with van der Waals surface area (Å²) in [4.78, 5) is 38.2. The topological polar surface area (TPSA) is 78.9 Å². The summed E-state index contributed by atoms with van der Waals surface area (Å²) in [6.07, 6.45) is 93.4. The minimum absolute atomic E-state index is 0.102. The lowest BCUT2D eigenvalue weighted by Crippen LogP contribution is -2.30. The first-order valence-corrected chi connectivity index (χ1v) is 32.7. The Hall–Kier alpha value is -4.45. The number of hydrogen-bond donors (Lipinski definition) is 0. The van der Waals surface area contributed by atoms with E-state index in [9.17, 15) is 14.4 Å². The van der Waals surface area contributed by atoms with Crippen LogP contribution in [0, 0.1) is 0 Å². The number of carbonyl (C=O) groups excluding carboxylic acids is 3. The fourth-order valence-corrected chi connectivity index (χ4v) is 8.85. The normalized spacial score (nSPS) is 13.0. The van der Waals surface area contributed by atoms with Gasteiger partial charge in [-0.25, -0.2) is 0 Å². The molecule has 1 atom stereocenters. The van der Waals surface area contributed by atoms with Gasteiger partial charge in [0, 0.05) is 19.3 Å². The molecule has 0 saturated carbocycles. The number of hydrogen-bond acceptors (Lipinski definition) is 6. The standard InChI is InChI=1S/C73H120O6/c1-4-7-10-13-16-19-22-25-27-28-29-30-31-32-33-34-35-36-37-38-39-40-41-42-43-44-46-48-51-54-57-60-63-66-72(75)78-69-70(68-77-71(74)65-62-59-56-53-50-47-24-21-18-15-12-9-6-3)79-73(76)67-64-61-58-55-52-49-45-26-23-20-17-14-11-8-5-2/h7,9-10,12,16,18-19,21,25,27,29-30,32-33,35-36,38-39,47,50,56,59,70H,4-6,8,11,13-15,17,20,22-24,26,28,31,34,37,40-46,48-49,51-55,57-58,60-69H2,1-3H3/b10-7-,12-9-,19-16-,21-18-,27-25-,30-29-,33-32-,36-35-,39-38-,50-47-,59-56-. The molecule has 79 heavy (non-hydrogen) atoms. The van der Waals surface area contributed by atoms with E-state index in [-0.39, 0.29) is 37.5 Å². The molecule has 0 aliphatic rings. The van der Waals surface area contributed by atoms with E-state index < -0.39 is 6.10 Å². The Kier molecular flexibility index (Phi) is 62.3. The maximum Gasteiger partial charge on any atom is 0.306 e. The number of carbonyl (C=O) groups is 3. The van der Waals surface area contributed by atoms with Gasteiger partial charge in [0.2, 0.25) is 0 Å². The molecule has 0 aromatic heterocycles. The fraction of sp³-hybridized carbons (Fsp3) is 0.658. The highest BCUT2D eigenvalue weighted by Gasteiger charge is 2.19. The van der Waals surface area contributed by atoms with Crippen LogP contribution in [0.1, 0.15) is 290 Å². The lowest BCUT2D eigenvalue weighted by Gasteiger charge is -2.18. The van der Waals surface area contributed by atoms with Gasteiger partial charge in [-0.1, -0.05) is 302 Å². The lowest BCUT2D eigenvalue weighted by molar-refractivity contribution is -0.166. The molecule has 0 spiro atoms. The van der Waals surface area contributed by atoms with Crippen LogP contribution in [0.4, 0.5) is 0 Å². The van der Waals surface area contributed by atoms with Crippen molar-refractivity contribution >= 4 is 17.9 Å². The number of unbranched alkanes of at least 4 members (excludes halogenated alkanes) is 25. The largest absolute Gasteiger partial charge is 0.462 e. The van der Waals surface area contributed by atoms with Crippen molar-refractivity contribution in [2.24, 2.45) is 0 Å². The molecule has 0 fully saturated rings. The van der Waals surface area contributed by atoms with Gasteiger partial charge in [0.1, 0.15) is 13.2 Å². The van der Waals surface area contributed by atoms with E-state index in [4.69, 9.17) is 14.2 Å². The van der Waals surface area contributed by atoms with Crippen LogP contribution in [-0.2, 0) is 28.6 Å². The highest BCUT2D eigenvalue weighted by molar-refractivity contribution is 5.71. The molecule has 0 aliphatic carbocycles. The predicted molar refractivity (Wildman–Crippen MR) is 343 cm³/mol. The highest BCUT2D eigenvalue weighted by atomic mass is 16.6. The summed E-state index contributed by atoms with van der Waals surface area (Å²) in [5.41, 5.74) is 0. The first-order valence-electron chi connectivity index (χ1n) is 32.7. The second kappa shape index (κ2) is 66.1. The van der Waals surface area contributed by atoms with Crippen molar-refractivity contribution in [1.82, 2.24) is 0 Å². The molecule has 6 heteroatoms. The fourth-order valence-electron chi connectivity index (χ4n) is 8.85. The molecule has 0 aliphatic heterocycles. The molecule has 0 saturated heterocycles. The maximum atomic E-state index is 12.9. The Morgan fingerprint density at radius 3 is 0.848 bits per heavy atom. The SMILES string of the molecule is CC/C=C\C/C=C\C/C=C\C/C=C\C/C=C\C/C=C\C/C=C\CCCCCCCCCCCCCC(=O)OCC(COC(=O)CC/C=C\C/C=C\C/C=C\C/C=C\CC)OC(=O)CCCCCCCCCCCCCCCCC. The highest BCUT2D eigenvalue weighted by Crippen LogP contribution is 2.16. The molecule has 0 aromatic carbocycles. The Morgan fingerprint density at radius 2 is 0.519 bits per heavy atom. The van der Waals surface area contributed by atoms with E-state index in [1.807, 2.05) is 6.08 Å². The van der Waals surface area contributed by atoms with Gasteiger partial charge in [-0.3, -0.25) is 14.4 Å². The molecule has 0 rings (SSSR count). The Labute approximate surface area is 487 Å². The van der Waals surface area contributed by atoms with Gasteiger partial charge in [-0.05, 0) is 103 Å². The minimum Gasteiger partial charge on any atom is -0.462 e. The molecule has 0 bridgehead atoms. The molecule has 0 aromatic rings. The summed E-state index contributed by atoms with van der Waals surface area (Å²) in [6.45, 7) is 6.36. The van der Waals surface area contributed by atoms with Crippen LogP contribution in [0.5, 0.6) is 0 Å². The van der Waals surface area contributed by atoms with Crippen LogP contribution in [0.25, 0.3) is 0 Å². The summed E-state index contributed by atoms with van der Waals surface area (Å²) in [6, 6.07) is 0. The Balaban J connectivity index is 4.26. The first kappa shape index (κ1) is 74.5. The van der Waals surface area contributed by atoms with Crippen molar-refractivity contribution in [2.75, 3.05) is 13.2 Å². The molecule has 0 heterocycles. The van der Waals surface area contributed by atoms with Gasteiger partial charge >= 0.3 is 17.9 Å². The zero-order valence-electron chi connectivity index (χ0n) is 51.3. The first-order chi connectivity index (χ1) is 39.0. The molecule has 1 unspecified atom stereocenters. The number of ether oxygens (including phenoxy) is 3. The summed E-state index contributed by atoms with van der Waals surface area (Å²) in [5, 5.41) is 0. The Bertz CT molecular complexity index is 1680. The van der Waals surface area contributed by atoms with E-state index in [1.165, 1.54) is 135 Å². The Morgan fingerprint density at radius 1 is 0.266 bits per heavy atom. The minimum atomic E-state index is -0.810. The third-order valence-corrected chi connectivity index (χ3v) is 13.7. The molecular weight excluding hydrogens is 973 g/mol. The summed E-state index contributed by atoms with van der Waals surface area (Å²) in [7, 11) is 0. The van der Waals surface area contributed by atoms with Crippen molar-refractivity contribution in [1.29, 1.82) is 0 Å². The second-order valence-electron chi connectivity index (χ2n) is 21.3. The molecule has 448 valence electrons. The molecule has 0 N–H and O–H groups in total. The number of esters is 3. The zero-order chi connectivity index (χ0) is 57.1. The van der Waals surface area contributed by atoms with Gasteiger partial charge in [-0.2, -0.15) is 0 Å². The van der Waals surface area contributed by atoms with Crippen molar-refractivity contribution in [3.05, 3.63) is 134 Å². The number of allylic oxidation sites excluding steroid dienone is 22. The van der Waals surface area contributed by atoms with Gasteiger partial charge in [0.05, 0.1) is 0 Å². The lowest BCUT2D eigenvalue weighted by atomic mass is 10.0. The van der Waals surface area contributed by atoms with Crippen molar-refractivity contribution < 1.29 is 28.6 Å². The van der Waals surface area contributed by atoms with Crippen LogP contribution in [0.3, 0.4) is 0 Å². The van der Waals surface area contributed by atoms with E-state index in [0.29, 0.717) is 19.3 Å². The van der Waals surface area contributed by atoms with Crippen molar-refractivity contribution in [2.45, 2.75) is 297 Å². The van der Waals surface area contributed by atoms with E-state index in [1.54, 1.807) is 0 Å². The van der Waals surface area contributed by atoms with Crippen LogP contribution in [0.15, 0.2) is 134 Å². The van der Waals surface area contributed by atoms with Gasteiger partial charge in [0.15, 0.2) is 6.10 Å². The van der Waals surface area contributed by atoms with Crippen LogP contribution in [0.2, 0.25) is 0 Å². The molecule has 0 amide bonds. The average Bonchev–Trinajstić information content (AvgIpc) is 3.45. The van der Waals surface area contributed by atoms with E-state index in [2.05, 4.69) is 148 Å². The van der Waals surface area contributed by atoms with Crippen LogP contribution in [-0.4, -0.2) is 37.2 Å². The summed E-state index contributed by atoms with van der Waals surface area (Å²) in [5.74, 6) is -0.984. The van der Waals surface area contributed by atoms with Crippen LogP contribution >= 0.6 is 0 Å². The summed E-state index contributed by atoms with van der Waals surface area (Å²) < 4.78 is 16.8. The van der Waals surface area contributed by atoms with Gasteiger partial charge in [-0.15, -0.1) is 0 Å². The monoisotopic (exact) mass is 1090 g/mol. The second-order valence-corrected chi connectivity index (χ2v) is 21.3. The van der Waals surface area contributed by atoms with Gasteiger partial charge < -0.3 is 14.2 Å². The number of rotatable bonds is 58. The third-order valence-electron chi connectivity index (χ3n) is 13.7. The van der Waals surface area contributed by atoms with Crippen molar-refractivity contribution in [3.8, 4) is 0 Å². The maximum absolute atomic E-state index is 12.9. The summed E-state index contributed by atoms with van der Waals surface area (Å²) >= 11 is 0. The third kappa shape index (κ3) is 64.3. The van der Waals surface area contributed by atoms with E-state index >= 15 is 0 Å².